The number of hydrogen-bond donors (Lipinski definition) is 2. The number of nitrogens with zero attached hydrogens (tertiary/aromatic N) is 1. The standard InChI is InChI=1S/C14H22N2O4S2/c1-16(10-11-4-2-3-5-11)14(18)12-6-7-13(21-12)22(19,20)15-8-9-17/h6-7,11,15,17H,2-5,8-10H2,1H3. The molecule has 0 aromatic carbocycles. The number of carbonyl (C=O) groups is 1. The molecule has 1 aliphatic rings. The number of hydrogen-bond acceptors (Lipinski definition) is 5. The predicted molar refractivity (Wildman–Crippen MR) is 85.5 cm³/mol. The van der Waals surface area contributed by atoms with E-state index in [-0.39, 0.29) is 23.3 Å². The topological polar surface area (TPSA) is 86.7 Å². The SMILES string of the molecule is CN(CC1CCCC1)C(=O)c1ccc(S(=O)(=O)NCCO)s1. The number of aliphatic hydroxyl groups is 1. The molecule has 124 valence electrons. The zero-order chi connectivity index (χ0) is 16.2. The second kappa shape index (κ2) is 7.54. The third-order valence-electron chi connectivity index (χ3n) is 3.81. The van der Waals surface area contributed by atoms with Crippen LogP contribution in [0.2, 0.25) is 0 Å². The van der Waals surface area contributed by atoms with Gasteiger partial charge in [0.15, 0.2) is 0 Å². The van der Waals surface area contributed by atoms with Gasteiger partial charge in [-0.15, -0.1) is 11.3 Å². The van der Waals surface area contributed by atoms with E-state index in [4.69, 9.17) is 5.11 Å². The molecule has 0 radical (unpaired) electrons. The van der Waals surface area contributed by atoms with E-state index < -0.39 is 10.0 Å². The highest BCUT2D eigenvalue weighted by atomic mass is 32.2. The van der Waals surface area contributed by atoms with Gasteiger partial charge in [-0.25, -0.2) is 13.1 Å². The Kier molecular flexibility index (Phi) is 5.96. The first-order valence-electron chi connectivity index (χ1n) is 7.40. The van der Waals surface area contributed by atoms with E-state index in [0.717, 1.165) is 30.7 Å². The summed E-state index contributed by atoms with van der Waals surface area (Å²) in [5.74, 6) is 0.420. The van der Waals surface area contributed by atoms with Crippen molar-refractivity contribution in [2.24, 2.45) is 5.92 Å². The van der Waals surface area contributed by atoms with Crippen molar-refractivity contribution in [3.63, 3.8) is 0 Å². The molecule has 0 aliphatic heterocycles. The Labute approximate surface area is 135 Å². The Bertz CT molecular complexity index is 606. The summed E-state index contributed by atoms with van der Waals surface area (Å²) >= 11 is 0.961. The highest BCUT2D eigenvalue weighted by Crippen LogP contribution is 2.27. The van der Waals surface area contributed by atoms with Crippen molar-refractivity contribution in [3.8, 4) is 0 Å². The van der Waals surface area contributed by atoms with Gasteiger partial charge in [0.05, 0.1) is 11.5 Å². The van der Waals surface area contributed by atoms with Gasteiger partial charge in [0, 0.05) is 20.1 Å². The second-order valence-electron chi connectivity index (χ2n) is 5.58. The van der Waals surface area contributed by atoms with E-state index >= 15 is 0 Å². The molecule has 0 spiro atoms. The maximum atomic E-state index is 12.4. The van der Waals surface area contributed by atoms with E-state index in [1.807, 2.05) is 0 Å². The molecule has 0 unspecified atom stereocenters. The molecule has 1 aromatic rings. The Morgan fingerprint density at radius 1 is 1.41 bits per heavy atom. The summed E-state index contributed by atoms with van der Waals surface area (Å²) < 4.78 is 26.2. The largest absolute Gasteiger partial charge is 0.395 e. The fourth-order valence-electron chi connectivity index (χ4n) is 2.68. The summed E-state index contributed by atoms with van der Waals surface area (Å²) in [6, 6.07) is 2.98. The Morgan fingerprint density at radius 3 is 2.73 bits per heavy atom. The number of nitrogens with one attached hydrogen (secondary N) is 1. The molecule has 1 amide bonds. The highest BCUT2D eigenvalue weighted by molar-refractivity contribution is 7.91. The average molecular weight is 346 g/mol. The zero-order valence-corrected chi connectivity index (χ0v) is 14.3. The molecule has 1 fully saturated rings. The van der Waals surface area contributed by atoms with Crippen molar-refractivity contribution < 1.29 is 18.3 Å². The molecule has 1 saturated carbocycles. The molecule has 0 saturated heterocycles. The van der Waals surface area contributed by atoms with Gasteiger partial charge in [0.2, 0.25) is 10.0 Å². The first-order valence-corrected chi connectivity index (χ1v) is 9.70. The lowest BCUT2D eigenvalue weighted by Crippen LogP contribution is -2.30. The maximum absolute atomic E-state index is 12.4. The van der Waals surface area contributed by atoms with Crippen LogP contribution in [0.5, 0.6) is 0 Å². The van der Waals surface area contributed by atoms with E-state index in [1.54, 1.807) is 18.0 Å². The molecular weight excluding hydrogens is 324 g/mol. The number of thiophene rings is 1. The number of rotatable bonds is 7. The van der Waals surface area contributed by atoms with Crippen LogP contribution < -0.4 is 4.72 Å². The average Bonchev–Trinajstić information content (AvgIpc) is 3.15. The molecule has 22 heavy (non-hydrogen) atoms. The van der Waals surface area contributed by atoms with E-state index in [0.29, 0.717) is 10.8 Å². The molecule has 1 aromatic heterocycles. The van der Waals surface area contributed by atoms with E-state index in [9.17, 15) is 13.2 Å². The van der Waals surface area contributed by atoms with Crippen LogP contribution in [0.3, 0.4) is 0 Å². The van der Waals surface area contributed by atoms with Crippen molar-refractivity contribution in [1.29, 1.82) is 0 Å². The van der Waals surface area contributed by atoms with Crippen molar-refractivity contribution >= 4 is 27.3 Å². The fraction of sp³-hybridized carbons (Fsp3) is 0.643. The van der Waals surface area contributed by atoms with Gasteiger partial charge in [0.1, 0.15) is 4.21 Å². The van der Waals surface area contributed by atoms with Gasteiger partial charge in [-0.05, 0) is 30.9 Å². The van der Waals surface area contributed by atoms with E-state index in [1.165, 1.54) is 18.9 Å². The van der Waals surface area contributed by atoms with Crippen molar-refractivity contribution in [3.05, 3.63) is 17.0 Å². The maximum Gasteiger partial charge on any atom is 0.263 e. The summed E-state index contributed by atoms with van der Waals surface area (Å²) in [7, 11) is -1.88. The van der Waals surface area contributed by atoms with Gasteiger partial charge in [-0.2, -0.15) is 0 Å². The lowest BCUT2D eigenvalue weighted by molar-refractivity contribution is 0.0778. The van der Waals surface area contributed by atoms with Gasteiger partial charge in [-0.1, -0.05) is 12.8 Å². The minimum atomic E-state index is -3.65. The lowest BCUT2D eigenvalue weighted by atomic mass is 10.1. The number of amides is 1. The molecule has 2 rings (SSSR count). The molecule has 6 nitrogen and oxygen atoms in total. The van der Waals surface area contributed by atoms with Crippen LogP contribution in [0, 0.1) is 5.92 Å². The smallest absolute Gasteiger partial charge is 0.263 e. The lowest BCUT2D eigenvalue weighted by Gasteiger charge is -2.20. The van der Waals surface area contributed by atoms with Crippen LogP contribution in [0.15, 0.2) is 16.3 Å². The van der Waals surface area contributed by atoms with Gasteiger partial charge in [-0.3, -0.25) is 4.79 Å². The summed E-state index contributed by atoms with van der Waals surface area (Å²) in [5, 5.41) is 8.69. The van der Waals surface area contributed by atoms with Crippen molar-refractivity contribution in [2.45, 2.75) is 29.9 Å². The summed E-state index contributed by atoms with van der Waals surface area (Å²) in [4.78, 5) is 14.5. The zero-order valence-electron chi connectivity index (χ0n) is 12.6. The minimum absolute atomic E-state index is 0.0366. The third kappa shape index (κ3) is 4.28. The van der Waals surface area contributed by atoms with Gasteiger partial charge in [0.25, 0.3) is 5.91 Å². The molecule has 0 bridgehead atoms. The Balaban J connectivity index is 2.01. The fourth-order valence-corrected chi connectivity index (χ4v) is 5.05. The van der Waals surface area contributed by atoms with Crippen LogP contribution in [0.25, 0.3) is 0 Å². The third-order valence-corrected chi connectivity index (χ3v) is 6.84. The van der Waals surface area contributed by atoms with E-state index in [2.05, 4.69) is 4.72 Å². The van der Waals surface area contributed by atoms with Crippen LogP contribution in [0.1, 0.15) is 35.4 Å². The first kappa shape index (κ1) is 17.4. The number of carbonyl (C=O) groups excluding carboxylic acids is 1. The molecule has 1 aliphatic carbocycles. The summed E-state index contributed by atoms with van der Waals surface area (Å²) in [6.07, 6.45) is 4.77. The number of aliphatic hydroxyl groups excluding tert-OH is 1. The van der Waals surface area contributed by atoms with Crippen molar-refractivity contribution in [2.75, 3.05) is 26.7 Å². The normalized spacial score (nSPS) is 16.1. The molecular formula is C14H22N2O4S2. The van der Waals surface area contributed by atoms with Crippen LogP contribution >= 0.6 is 11.3 Å². The molecule has 2 N–H and O–H groups in total. The van der Waals surface area contributed by atoms with Crippen molar-refractivity contribution in [1.82, 2.24) is 9.62 Å². The highest BCUT2D eigenvalue weighted by Gasteiger charge is 2.23. The predicted octanol–water partition coefficient (Wildman–Crippen LogP) is 1.28. The van der Waals surface area contributed by atoms with Crippen LogP contribution in [-0.2, 0) is 10.0 Å². The minimum Gasteiger partial charge on any atom is -0.395 e. The summed E-state index contributed by atoms with van der Waals surface area (Å²) in [5.41, 5.74) is 0. The molecule has 1 heterocycles. The summed E-state index contributed by atoms with van der Waals surface area (Å²) in [6.45, 7) is 0.424. The van der Waals surface area contributed by atoms with Crippen LogP contribution in [-0.4, -0.2) is 51.1 Å². The molecule has 8 heteroatoms. The van der Waals surface area contributed by atoms with Crippen LogP contribution in [0.4, 0.5) is 0 Å². The Morgan fingerprint density at radius 2 is 2.09 bits per heavy atom. The Hall–Kier alpha value is -0.960. The monoisotopic (exact) mass is 346 g/mol. The second-order valence-corrected chi connectivity index (χ2v) is 8.65. The first-order chi connectivity index (χ1) is 10.4. The molecule has 0 atom stereocenters. The van der Waals surface area contributed by atoms with Gasteiger partial charge >= 0.3 is 0 Å². The van der Waals surface area contributed by atoms with Gasteiger partial charge < -0.3 is 10.0 Å². The quantitative estimate of drug-likeness (QED) is 0.779. The number of sulfonamides is 1.